The summed E-state index contributed by atoms with van der Waals surface area (Å²) in [5, 5.41) is 0.959. The van der Waals surface area contributed by atoms with Gasteiger partial charge in [-0.25, -0.2) is 19.2 Å². The van der Waals surface area contributed by atoms with Crippen LogP contribution in [0.1, 0.15) is 130 Å². The number of aromatic amines is 1. The average molecular weight is 771 g/mol. The number of hydrogen-bond donors (Lipinski definition) is 2. The molecule has 1 saturated heterocycles. The standard InChI is InChI=1S/C45H66N6O3S/c1-30-13-17-43(3)32(27-30)9-10-35-36-11-12-39(44(36,4)18-14-37(35)43)54-24-7-5-6-8-26-55(46,52)45(19-20-45)38-28-40(51-23-25-53-29-31(51)2)50-42(49-38)34-16-22-48-41-33(34)15-21-47-41/h15-16,21-22,28,30-32,35-37,39,46H,5-14,17-20,23-27,29H2,1-4H3,(H,47,48)/t30?,31-,32+,35+,36+,37+,39+,43+,44+,55?/m1/s1. The highest BCUT2D eigenvalue weighted by Crippen LogP contribution is 2.67. The summed E-state index contributed by atoms with van der Waals surface area (Å²) < 4.78 is 35.6. The van der Waals surface area contributed by atoms with Gasteiger partial charge in [-0.2, -0.15) is 0 Å². The average Bonchev–Trinajstić information content (AvgIpc) is 3.75. The van der Waals surface area contributed by atoms with Gasteiger partial charge in [0.2, 0.25) is 0 Å². The summed E-state index contributed by atoms with van der Waals surface area (Å²) >= 11 is 0. The lowest BCUT2D eigenvalue weighted by Crippen LogP contribution is -2.54. The number of nitrogens with one attached hydrogen (secondary N) is 2. The third-order valence-corrected chi connectivity index (χ3v) is 19.1. The topological polar surface area (TPSA) is 117 Å². The van der Waals surface area contributed by atoms with Crippen LogP contribution in [0.3, 0.4) is 0 Å². The Balaban J connectivity index is 0.805. The lowest BCUT2D eigenvalue weighted by Gasteiger charge is -2.61. The molecule has 1 aliphatic heterocycles. The molecule has 2 N–H and O–H groups in total. The summed E-state index contributed by atoms with van der Waals surface area (Å²) in [7, 11) is -2.93. The third-order valence-electron chi connectivity index (χ3n) is 16.4. The molecule has 5 aliphatic carbocycles. The number of pyridine rings is 1. The summed E-state index contributed by atoms with van der Waals surface area (Å²) in [6.45, 7) is 12.8. The molecule has 0 radical (unpaired) electrons. The number of morpholine rings is 1. The van der Waals surface area contributed by atoms with E-state index in [-0.39, 0.29) is 6.04 Å². The monoisotopic (exact) mass is 770 g/mol. The number of fused-ring (bicyclic) bond motifs is 6. The molecule has 10 heteroatoms. The Hall–Kier alpha value is -2.56. The number of nitrogens with zero attached hydrogens (tertiary/aromatic N) is 4. The van der Waals surface area contributed by atoms with Crippen molar-refractivity contribution >= 4 is 26.6 Å². The molecule has 6 aliphatic rings. The number of anilines is 1. The largest absolute Gasteiger partial charge is 0.378 e. The first kappa shape index (κ1) is 38.0. The molecular weight excluding hydrogens is 705 g/mol. The maximum Gasteiger partial charge on any atom is 0.162 e. The van der Waals surface area contributed by atoms with Crippen LogP contribution in [0.4, 0.5) is 5.82 Å². The van der Waals surface area contributed by atoms with E-state index < -0.39 is 14.5 Å². The van der Waals surface area contributed by atoms with Gasteiger partial charge in [0.1, 0.15) is 11.5 Å². The van der Waals surface area contributed by atoms with Gasteiger partial charge < -0.3 is 19.4 Å². The predicted octanol–water partition coefficient (Wildman–Crippen LogP) is 9.91. The van der Waals surface area contributed by atoms with Gasteiger partial charge in [-0.15, -0.1) is 0 Å². The molecule has 5 saturated carbocycles. The Kier molecular flexibility index (Phi) is 10.1. The zero-order valence-electron chi connectivity index (χ0n) is 34.0. The summed E-state index contributed by atoms with van der Waals surface area (Å²) in [4.78, 5) is 20.2. The highest BCUT2D eigenvalue weighted by Gasteiger charge is 2.60. The van der Waals surface area contributed by atoms with Crippen LogP contribution in [0.2, 0.25) is 0 Å². The molecule has 2 unspecified atom stereocenters. The van der Waals surface area contributed by atoms with Crippen LogP contribution in [0, 0.1) is 45.2 Å². The van der Waals surface area contributed by atoms with Gasteiger partial charge in [0.25, 0.3) is 0 Å². The van der Waals surface area contributed by atoms with Crippen LogP contribution in [0.15, 0.2) is 30.6 Å². The van der Waals surface area contributed by atoms with Gasteiger partial charge in [-0.05, 0) is 137 Å². The van der Waals surface area contributed by atoms with Crippen molar-refractivity contribution < 1.29 is 13.7 Å². The van der Waals surface area contributed by atoms with Crippen molar-refractivity contribution in [1.82, 2.24) is 19.9 Å². The van der Waals surface area contributed by atoms with Gasteiger partial charge in [0.15, 0.2) is 5.82 Å². The third kappa shape index (κ3) is 6.66. The van der Waals surface area contributed by atoms with Crippen molar-refractivity contribution in [2.75, 3.05) is 37.0 Å². The number of H-pyrrole nitrogens is 1. The lowest BCUT2D eigenvalue weighted by atomic mass is 9.44. The molecule has 9 rings (SSSR count). The van der Waals surface area contributed by atoms with E-state index in [9.17, 15) is 8.99 Å². The minimum atomic E-state index is -2.93. The first-order valence-corrected chi connectivity index (χ1v) is 23.8. The van der Waals surface area contributed by atoms with Gasteiger partial charge in [-0.3, -0.25) is 4.78 Å². The Morgan fingerprint density at radius 1 is 0.964 bits per heavy atom. The molecule has 3 aromatic rings. The van der Waals surface area contributed by atoms with Crippen molar-refractivity contribution in [1.29, 1.82) is 4.78 Å². The summed E-state index contributed by atoms with van der Waals surface area (Å²) in [6, 6.07) is 6.16. The second-order valence-corrected chi connectivity index (χ2v) is 22.0. The fourth-order valence-corrected chi connectivity index (χ4v) is 15.1. The van der Waals surface area contributed by atoms with Crippen LogP contribution in [0.25, 0.3) is 22.4 Å². The minimum Gasteiger partial charge on any atom is -0.378 e. The maximum atomic E-state index is 14.4. The molecule has 55 heavy (non-hydrogen) atoms. The fraction of sp³-hybridized carbons (Fsp3) is 0.756. The van der Waals surface area contributed by atoms with E-state index in [2.05, 4.69) is 42.6 Å². The molecule has 10 atom stereocenters. The van der Waals surface area contributed by atoms with Crippen LogP contribution >= 0.6 is 0 Å². The summed E-state index contributed by atoms with van der Waals surface area (Å²) in [5.41, 5.74) is 3.36. The lowest BCUT2D eigenvalue weighted by molar-refractivity contribution is -0.134. The number of rotatable bonds is 12. The maximum absolute atomic E-state index is 14.4. The second kappa shape index (κ2) is 14.7. The van der Waals surface area contributed by atoms with Gasteiger partial charge in [-0.1, -0.05) is 40.0 Å². The number of aromatic nitrogens is 4. The molecule has 4 heterocycles. The normalized spacial score (nSPS) is 36.5. The molecule has 3 aromatic heterocycles. The molecular formula is C45H66N6O3S. The Bertz CT molecular complexity index is 1960. The molecule has 0 amide bonds. The van der Waals surface area contributed by atoms with E-state index in [4.69, 9.17) is 19.4 Å². The van der Waals surface area contributed by atoms with Crippen molar-refractivity contribution in [2.45, 2.75) is 141 Å². The summed E-state index contributed by atoms with van der Waals surface area (Å²) in [5.74, 6) is 6.41. The van der Waals surface area contributed by atoms with Crippen molar-refractivity contribution in [2.24, 2.45) is 40.4 Å². The van der Waals surface area contributed by atoms with E-state index in [0.29, 0.717) is 41.7 Å². The van der Waals surface area contributed by atoms with E-state index in [0.717, 1.165) is 109 Å². The van der Waals surface area contributed by atoms with E-state index >= 15 is 0 Å². The predicted molar refractivity (Wildman–Crippen MR) is 220 cm³/mol. The van der Waals surface area contributed by atoms with E-state index in [1.807, 2.05) is 24.4 Å². The van der Waals surface area contributed by atoms with Crippen LogP contribution in [0.5, 0.6) is 0 Å². The molecule has 0 bridgehead atoms. The first-order valence-electron chi connectivity index (χ1n) is 22.1. The quantitative estimate of drug-likeness (QED) is 0.176. The number of hydrogen-bond acceptors (Lipinski definition) is 8. The molecule has 0 spiro atoms. The molecule has 6 fully saturated rings. The zero-order valence-corrected chi connectivity index (χ0v) is 34.8. The second-order valence-electron chi connectivity index (χ2n) is 19.5. The van der Waals surface area contributed by atoms with Crippen LogP contribution < -0.4 is 4.90 Å². The van der Waals surface area contributed by atoms with Gasteiger partial charge in [0, 0.05) is 48.3 Å². The number of ether oxygens (including phenoxy) is 2. The molecule has 300 valence electrons. The molecule has 9 nitrogen and oxygen atoms in total. The minimum absolute atomic E-state index is 0.162. The zero-order chi connectivity index (χ0) is 38.0. The van der Waals surface area contributed by atoms with E-state index in [1.165, 1.54) is 57.8 Å². The Morgan fingerprint density at radius 3 is 2.62 bits per heavy atom. The highest BCUT2D eigenvalue weighted by molar-refractivity contribution is 7.93. The highest BCUT2D eigenvalue weighted by atomic mass is 32.2. The van der Waals surface area contributed by atoms with Crippen molar-refractivity contribution in [3.05, 3.63) is 36.3 Å². The first-order chi connectivity index (χ1) is 26.5. The van der Waals surface area contributed by atoms with Crippen LogP contribution in [-0.2, 0) is 23.9 Å². The van der Waals surface area contributed by atoms with Crippen LogP contribution in [-0.4, -0.2) is 68.4 Å². The Morgan fingerprint density at radius 2 is 1.78 bits per heavy atom. The smallest absolute Gasteiger partial charge is 0.162 e. The SMILES string of the molecule is CC1CC[C@@]2(C)[C@@H](CC[C@@H]3[C@@H]2CC[C@]2(C)[C@@H](OCCCCCCS(=N)(=O)C4(c5cc(N6CCOC[C@H]6C)nc(-c6ccnc7[nH]ccc67)n5)CC4)CC[C@@H]32)C1. The van der Waals surface area contributed by atoms with Crippen molar-refractivity contribution in [3.8, 4) is 11.4 Å². The molecule has 0 aromatic carbocycles. The fourth-order valence-electron chi connectivity index (χ4n) is 12.9. The number of unbranched alkanes of at least 4 members (excludes halogenated alkanes) is 3. The van der Waals surface area contributed by atoms with E-state index in [1.54, 1.807) is 6.20 Å². The van der Waals surface area contributed by atoms with Crippen molar-refractivity contribution in [3.63, 3.8) is 0 Å². The Labute approximate surface area is 329 Å². The summed E-state index contributed by atoms with van der Waals surface area (Å²) in [6.07, 6.45) is 22.1. The van der Waals surface area contributed by atoms with Gasteiger partial charge >= 0.3 is 0 Å². The van der Waals surface area contributed by atoms with Gasteiger partial charge in [0.05, 0.1) is 45.5 Å².